The summed E-state index contributed by atoms with van der Waals surface area (Å²) in [6.45, 7) is 2.09. The van der Waals surface area contributed by atoms with Crippen LogP contribution in [0.3, 0.4) is 0 Å². The third-order valence-electron chi connectivity index (χ3n) is 5.19. The maximum atomic E-state index is 12.5. The number of para-hydroxylation sites is 2. The summed E-state index contributed by atoms with van der Waals surface area (Å²) in [5.41, 5.74) is 2.78. The lowest BCUT2D eigenvalue weighted by atomic mass is 9.96. The maximum Gasteiger partial charge on any atom is 0.257 e. The Labute approximate surface area is 164 Å². The van der Waals surface area contributed by atoms with Gasteiger partial charge in [0.1, 0.15) is 0 Å². The highest BCUT2D eigenvalue weighted by molar-refractivity contribution is 5.79. The van der Waals surface area contributed by atoms with Gasteiger partial charge < -0.3 is 15.0 Å². The zero-order chi connectivity index (χ0) is 19.3. The molecule has 0 bridgehead atoms. The van der Waals surface area contributed by atoms with Crippen molar-refractivity contribution in [3.63, 3.8) is 0 Å². The number of anilines is 1. The molecule has 6 heteroatoms. The SMILES string of the molecule is COc1nc2ccccc2nc1N1CCC(C(=O)NCc2ccccc2)CC1. The molecule has 1 fully saturated rings. The van der Waals surface area contributed by atoms with Crippen LogP contribution in [0.25, 0.3) is 11.0 Å². The van der Waals surface area contributed by atoms with Crippen LogP contribution in [0.15, 0.2) is 54.6 Å². The Morgan fingerprint density at radius 3 is 2.36 bits per heavy atom. The van der Waals surface area contributed by atoms with Crippen LogP contribution >= 0.6 is 0 Å². The number of fused-ring (bicyclic) bond motifs is 1. The summed E-state index contributed by atoms with van der Waals surface area (Å²) < 4.78 is 5.47. The van der Waals surface area contributed by atoms with Gasteiger partial charge in [-0.25, -0.2) is 9.97 Å². The molecule has 1 aliphatic heterocycles. The first-order valence-corrected chi connectivity index (χ1v) is 9.62. The molecule has 2 heterocycles. The van der Waals surface area contributed by atoms with Crippen LogP contribution in [0.5, 0.6) is 5.88 Å². The van der Waals surface area contributed by atoms with E-state index in [1.54, 1.807) is 7.11 Å². The summed E-state index contributed by atoms with van der Waals surface area (Å²) >= 11 is 0. The summed E-state index contributed by atoms with van der Waals surface area (Å²) in [5, 5.41) is 3.06. The van der Waals surface area contributed by atoms with E-state index < -0.39 is 0 Å². The molecule has 2 aromatic carbocycles. The van der Waals surface area contributed by atoms with Crippen molar-refractivity contribution in [1.29, 1.82) is 0 Å². The van der Waals surface area contributed by atoms with Gasteiger partial charge in [-0.15, -0.1) is 0 Å². The monoisotopic (exact) mass is 376 g/mol. The average Bonchev–Trinajstić information content (AvgIpc) is 2.77. The topological polar surface area (TPSA) is 67.4 Å². The van der Waals surface area contributed by atoms with Gasteiger partial charge >= 0.3 is 0 Å². The van der Waals surface area contributed by atoms with Crippen molar-refractivity contribution in [3.05, 3.63) is 60.2 Å². The minimum atomic E-state index is 0.0272. The molecule has 28 heavy (non-hydrogen) atoms. The number of hydrogen-bond donors (Lipinski definition) is 1. The average molecular weight is 376 g/mol. The predicted molar refractivity (Wildman–Crippen MR) is 109 cm³/mol. The van der Waals surface area contributed by atoms with Gasteiger partial charge in [0.2, 0.25) is 5.91 Å². The van der Waals surface area contributed by atoms with Crippen LogP contribution in [0.4, 0.5) is 5.82 Å². The molecule has 1 amide bonds. The van der Waals surface area contributed by atoms with E-state index in [1.165, 1.54) is 0 Å². The lowest BCUT2D eigenvalue weighted by Crippen LogP contribution is -2.40. The quantitative estimate of drug-likeness (QED) is 0.741. The molecule has 0 radical (unpaired) electrons. The van der Waals surface area contributed by atoms with E-state index in [0.29, 0.717) is 12.4 Å². The van der Waals surface area contributed by atoms with Crippen LogP contribution < -0.4 is 15.0 Å². The maximum absolute atomic E-state index is 12.5. The fourth-order valence-corrected chi connectivity index (χ4v) is 3.60. The minimum absolute atomic E-state index is 0.0272. The molecule has 6 nitrogen and oxygen atoms in total. The molecule has 1 aliphatic rings. The van der Waals surface area contributed by atoms with Crippen molar-refractivity contribution in [2.24, 2.45) is 5.92 Å². The van der Waals surface area contributed by atoms with Crippen molar-refractivity contribution in [1.82, 2.24) is 15.3 Å². The van der Waals surface area contributed by atoms with Gasteiger partial charge in [-0.05, 0) is 30.5 Å². The summed E-state index contributed by atoms with van der Waals surface area (Å²) in [5.74, 6) is 1.44. The van der Waals surface area contributed by atoms with E-state index >= 15 is 0 Å². The Morgan fingerprint density at radius 2 is 1.68 bits per heavy atom. The third kappa shape index (κ3) is 3.91. The van der Waals surface area contributed by atoms with Gasteiger partial charge in [-0.3, -0.25) is 4.79 Å². The summed E-state index contributed by atoms with van der Waals surface area (Å²) in [6, 6.07) is 17.8. The van der Waals surface area contributed by atoms with Gasteiger partial charge in [-0.1, -0.05) is 42.5 Å². The minimum Gasteiger partial charge on any atom is -0.478 e. The number of rotatable bonds is 5. The number of methoxy groups -OCH3 is 1. The van der Waals surface area contributed by atoms with Gasteiger partial charge in [0.15, 0.2) is 5.82 Å². The number of piperidine rings is 1. The van der Waals surface area contributed by atoms with Crippen molar-refractivity contribution < 1.29 is 9.53 Å². The van der Waals surface area contributed by atoms with Crippen LogP contribution in [0.1, 0.15) is 18.4 Å². The lowest BCUT2D eigenvalue weighted by Gasteiger charge is -2.32. The fourth-order valence-electron chi connectivity index (χ4n) is 3.60. The molecule has 0 unspecified atom stereocenters. The lowest BCUT2D eigenvalue weighted by molar-refractivity contribution is -0.125. The first-order chi connectivity index (χ1) is 13.7. The Hall–Kier alpha value is -3.15. The molecule has 3 aromatic rings. The highest BCUT2D eigenvalue weighted by atomic mass is 16.5. The zero-order valence-electron chi connectivity index (χ0n) is 16.0. The number of carbonyl (C=O) groups is 1. The van der Waals surface area contributed by atoms with E-state index in [1.807, 2.05) is 54.6 Å². The summed E-state index contributed by atoms with van der Waals surface area (Å²) in [6.07, 6.45) is 1.58. The van der Waals surface area contributed by atoms with Crippen LogP contribution in [0, 0.1) is 5.92 Å². The number of amides is 1. The first kappa shape index (κ1) is 18.2. The normalized spacial score (nSPS) is 14.8. The fraction of sp³-hybridized carbons (Fsp3) is 0.318. The standard InChI is InChI=1S/C22H24N4O2/c1-28-22-20(24-18-9-5-6-10-19(18)25-22)26-13-11-17(12-14-26)21(27)23-15-16-7-3-2-4-8-16/h2-10,17H,11-15H2,1H3,(H,23,27). The second-order valence-electron chi connectivity index (χ2n) is 7.01. The number of ether oxygens (including phenoxy) is 1. The van der Waals surface area contributed by atoms with Crippen molar-refractivity contribution in [3.8, 4) is 5.88 Å². The van der Waals surface area contributed by atoms with E-state index in [4.69, 9.17) is 9.72 Å². The molecule has 0 aliphatic carbocycles. The largest absolute Gasteiger partial charge is 0.478 e. The molecule has 4 rings (SSSR count). The van der Waals surface area contributed by atoms with E-state index in [-0.39, 0.29) is 11.8 Å². The Kier molecular flexibility index (Phi) is 5.37. The highest BCUT2D eigenvalue weighted by Crippen LogP contribution is 2.30. The second kappa shape index (κ2) is 8.25. The summed E-state index contributed by atoms with van der Waals surface area (Å²) in [4.78, 5) is 24.0. The Balaban J connectivity index is 1.40. The van der Waals surface area contributed by atoms with E-state index in [9.17, 15) is 4.79 Å². The third-order valence-corrected chi connectivity index (χ3v) is 5.19. The van der Waals surface area contributed by atoms with Crippen LogP contribution in [-0.4, -0.2) is 36.1 Å². The number of nitrogens with one attached hydrogen (secondary N) is 1. The highest BCUT2D eigenvalue weighted by Gasteiger charge is 2.27. The van der Waals surface area contributed by atoms with E-state index in [2.05, 4.69) is 15.2 Å². The van der Waals surface area contributed by atoms with Crippen molar-refractivity contribution in [2.75, 3.05) is 25.1 Å². The molecule has 1 N–H and O–H groups in total. The van der Waals surface area contributed by atoms with E-state index in [0.717, 1.165) is 48.3 Å². The Bertz CT molecular complexity index is 953. The Morgan fingerprint density at radius 1 is 1.04 bits per heavy atom. The van der Waals surface area contributed by atoms with Crippen molar-refractivity contribution in [2.45, 2.75) is 19.4 Å². The molecule has 1 aromatic heterocycles. The predicted octanol–water partition coefficient (Wildman–Crippen LogP) is 3.17. The number of nitrogens with zero attached hydrogens (tertiary/aromatic N) is 3. The van der Waals surface area contributed by atoms with Gasteiger partial charge in [0, 0.05) is 25.6 Å². The van der Waals surface area contributed by atoms with Crippen molar-refractivity contribution >= 4 is 22.8 Å². The molecular formula is C22H24N4O2. The first-order valence-electron chi connectivity index (χ1n) is 9.62. The van der Waals surface area contributed by atoms with Gasteiger partial charge in [0.05, 0.1) is 18.1 Å². The molecule has 0 spiro atoms. The van der Waals surface area contributed by atoms with Gasteiger partial charge in [-0.2, -0.15) is 0 Å². The molecular weight excluding hydrogens is 352 g/mol. The zero-order valence-corrected chi connectivity index (χ0v) is 16.0. The molecule has 0 atom stereocenters. The van der Waals surface area contributed by atoms with Crippen LogP contribution in [-0.2, 0) is 11.3 Å². The molecule has 144 valence electrons. The molecule has 1 saturated heterocycles. The number of benzene rings is 2. The second-order valence-corrected chi connectivity index (χ2v) is 7.01. The van der Waals surface area contributed by atoms with Gasteiger partial charge in [0.25, 0.3) is 5.88 Å². The number of carbonyl (C=O) groups excluding carboxylic acids is 1. The van der Waals surface area contributed by atoms with Crippen LogP contribution in [0.2, 0.25) is 0 Å². The number of aromatic nitrogens is 2. The summed E-state index contributed by atoms with van der Waals surface area (Å²) in [7, 11) is 1.62. The molecule has 0 saturated carbocycles. The smallest absolute Gasteiger partial charge is 0.257 e. The number of hydrogen-bond acceptors (Lipinski definition) is 5.